The van der Waals surface area contributed by atoms with E-state index in [0.29, 0.717) is 18.8 Å². The largest absolute Gasteiger partial charge is 0.497 e. The number of methoxy groups -OCH3 is 1. The molecule has 6 heteroatoms. The van der Waals surface area contributed by atoms with Gasteiger partial charge >= 0.3 is 5.69 Å². The second kappa shape index (κ2) is 4.30. The number of ether oxygens (including phenoxy) is 1. The van der Waals surface area contributed by atoms with E-state index in [0.717, 1.165) is 18.1 Å². The number of nitrogens with one attached hydrogen (secondary N) is 1. The van der Waals surface area contributed by atoms with E-state index in [1.807, 2.05) is 18.2 Å². The van der Waals surface area contributed by atoms with Gasteiger partial charge in [-0.2, -0.15) is 4.68 Å². The Bertz CT molecular complexity index is 629. The third kappa shape index (κ3) is 1.70. The Morgan fingerprint density at radius 1 is 1.44 bits per heavy atom. The van der Waals surface area contributed by atoms with Gasteiger partial charge in [-0.1, -0.05) is 6.07 Å². The predicted octanol–water partition coefficient (Wildman–Crippen LogP) is 0.146. The first-order valence-corrected chi connectivity index (χ1v) is 5.83. The normalized spacial score (nSPS) is 14.3. The lowest BCUT2D eigenvalue weighted by Gasteiger charge is -2.11. The van der Waals surface area contributed by atoms with E-state index in [1.54, 1.807) is 17.7 Å². The number of aromatic nitrogens is 3. The maximum atomic E-state index is 12.2. The molecule has 2 heterocycles. The van der Waals surface area contributed by atoms with E-state index < -0.39 is 0 Å². The van der Waals surface area contributed by atoms with E-state index in [4.69, 9.17) is 4.74 Å². The van der Waals surface area contributed by atoms with Gasteiger partial charge in [0.2, 0.25) is 0 Å². The standard InChI is InChI=1S/C12H14N4O2/c1-18-10-4-2-3-9(7-10)16-12(17)15-6-5-13-8-11(15)14-16/h2-4,7,13H,5-6,8H2,1H3. The second-order valence-corrected chi connectivity index (χ2v) is 4.14. The average Bonchev–Trinajstić information content (AvgIpc) is 2.77. The summed E-state index contributed by atoms with van der Waals surface area (Å²) >= 11 is 0. The molecule has 0 amide bonds. The summed E-state index contributed by atoms with van der Waals surface area (Å²) in [5, 5.41) is 7.54. The molecule has 1 aromatic heterocycles. The first kappa shape index (κ1) is 11.0. The van der Waals surface area contributed by atoms with Gasteiger partial charge in [-0.25, -0.2) is 4.79 Å². The topological polar surface area (TPSA) is 61.1 Å². The molecule has 6 nitrogen and oxygen atoms in total. The van der Waals surface area contributed by atoms with Gasteiger partial charge in [0.1, 0.15) is 11.6 Å². The molecule has 0 saturated carbocycles. The van der Waals surface area contributed by atoms with Crippen LogP contribution in [0.1, 0.15) is 5.82 Å². The van der Waals surface area contributed by atoms with Crippen LogP contribution in [0.2, 0.25) is 0 Å². The fourth-order valence-corrected chi connectivity index (χ4v) is 2.09. The van der Waals surface area contributed by atoms with Gasteiger partial charge in [-0.3, -0.25) is 4.57 Å². The van der Waals surface area contributed by atoms with E-state index in [2.05, 4.69) is 10.4 Å². The Morgan fingerprint density at radius 3 is 3.11 bits per heavy atom. The quantitative estimate of drug-likeness (QED) is 0.819. The van der Waals surface area contributed by atoms with Crippen molar-refractivity contribution in [3.63, 3.8) is 0 Å². The van der Waals surface area contributed by atoms with Gasteiger partial charge in [-0.05, 0) is 12.1 Å². The monoisotopic (exact) mass is 246 g/mol. The molecular weight excluding hydrogens is 232 g/mol. The summed E-state index contributed by atoms with van der Waals surface area (Å²) in [6.45, 7) is 2.10. The molecule has 0 fully saturated rings. The molecule has 0 radical (unpaired) electrons. The summed E-state index contributed by atoms with van der Waals surface area (Å²) in [7, 11) is 1.60. The molecule has 0 bridgehead atoms. The minimum Gasteiger partial charge on any atom is -0.497 e. The fourth-order valence-electron chi connectivity index (χ4n) is 2.09. The van der Waals surface area contributed by atoms with Crippen molar-refractivity contribution in [3.8, 4) is 11.4 Å². The first-order chi connectivity index (χ1) is 8.79. The Balaban J connectivity index is 2.11. The molecule has 0 unspecified atom stereocenters. The molecule has 18 heavy (non-hydrogen) atoms. The zero-order chi connectivity index (χ0) is 12.5. The second-order valence-electron chi connectivity index (χ2n) is 4.14. The number of hydrogen-bond acceptors (Lipinski definition) is 4. The molecule has 94 valence electrons. The summed E-state index contributed by atoms with van der Waals surface area (Å²) in [5.41, 5.74) is 0.626. The van der Waals surface area contributed by atoms with Crippen molar-refractivity contribution in [2.75, 3.05) is 13.7 Å². The summed E-state index contributed by atoms with van der Waals surface area (Å²) in [6.07, 6.45) is 0. The van der Waals surface area contributed by atoms with Crippen LogP contribution in [0.3, 0.4) is 0 Å². The van der Waals surface area contributed by atoms with Crippen molar-refractivity contribution in [2.24, 2.45) is 0 Å². The molecular formula is C12H14N4O2. The summed E-state index contributed by atoms with van der Waals surface area (Å²) in [4.78, 5) is 12.2. The summed E-state index contributed by atoms with van der Waals surface area (Å²) < 4.78 is 8.28. The number of fused-ring (bicyclic) bond motifs is 1. The molecule has 1 aliphatic heterocycles. The highest BCUT2D eigenvalue weighted by Gasteiger charge is 2.17. The van der Waals surface area contributed by atoms with E-state index in [9.17, 15) is 4.79 Å². The van der Waals surface area contributed by atoms with E-state index in [-0.39, 0.29) is 5.69 Å². The Kier molecular flexibility index (Phi) is 2.64. The van der Waals surface area contributed by atoms with Crippen molar-refractivity contribution in [2.45, 2.75) is 13.1 Å². The van der Waals surface area contributed by atoms with Crippen LogP contribution in [0.4, 0.5) is 0 Å². The van der Waals surface area contributed by atoms with Crippen LogP contribution in [-0.2, 0) is 13.1 Å². The third-order valence-corrected chi connectivity index (χ3v) is 3.03. The van der Waals surface area contributed by atoms with Gasteiger partial charge in [0.15, 0.2) is 0 Å². The first-order valence-electron chi connectivity index (χ1n) is 5.83. The van der Waals surface area contributed by atoms with Gasteiger partial charge in [0, 0.05) is 19.2 Å². The average molecular weight is 246 g/mol. The number of rotatable bonds is 2. The third-order valence-electron chi connectivity index (χ3n) is 3.03. The fraction of sp³-hybridized carbons (Fsp3) is 0.333. The Hall–Kier alpha value is -2.08. The highest BCUT2D eigenvalue weighted by atomic mass is 16.5. The SMILES string of the molecule is COc1cccc(-n2nc3n(c2=O)CCNC3)c1. The minimum absolute atomic E-state index is 0.0975. The van der Waals surface area contributed by atoms with Gasteiger partial charge in [0.05, 0.1) is 19.3 Å². The van der Waals surface area contributed by atoms with E-state index in [1.165, 1.54) is 4.68 Å². The smallest absolute Gasteiger partial charge is 0.350 e. The number of nitrogens with zero attached hydrogens (tertiary/aromatic N) is 3. The van der Waals surface area contributed by atoms with Crippen molar-refractivity contribution in [1.29, 1.82) is 0 Å². The van der Waals surface area contributed by atoms with Gasteiger partial charge in [-0.15, -0.1) is 5.10 Å². The minimum atomic E-state index is -0.0975. The highest BCUT2D eigenvalue weighted by molar-refractivity contribution is 5.38. The molecule has 1 aliphatic rings. The van der Waals surface area contributed by atoms with Crippen molar-refractivity contribution >= 4 is 0 Å². The highest BCUT2D eigenvalue weighted by Crippen LogP contribution is 2.14. The van der Waals surface area contributed by atoms with Gasteiger partial charge < -0.3 is 10.1 Å². The van der Waals surface area contributed by atoms with Crippen molar-refractivity contribution in [3.05, 3.63) is 40.6 Å². The maximum Gasteiger partial charge on any atom is 0.350 e. The Morgan fingerprint density at radius 2 is 2.33 bits per heavy atom. The molecule has 0 aliphatic carbocycles. The molecule has 0 atom stereocenters. The Labute approximate surface area is 104 Å². The maximum absolute atomic E-state index is 12.2. The lowest BCUT2D eigenvalue weighted by atomic mass is 10.3. The molecule has 1 aromatic carbocycles. The molecule has 1 N–H and O–H groups in total. The zero-order valence-electron chi connectivity index (χ0n) is 10.1. The van der Waals surface area contributed by atoms with Crippen molar-refractivity contribution < 1.29 is 4.74 Å². The van der Waals surface area contributed by atoms with Crippen LogP contribution in [0.15, 0.2) is 29.1 Å². The van der Waals surface area contributed by atoms with Crippen LogP contribution in [-0.4, -0.2) is 28.0 Å². The summed E-state index contributed by atoms with van der Waals surface area (Å²) in [5.74, 6) is 1.48. The van der Waals surface area contributed by atoms with Crippen LogP contribution in [0, 0.1) is 0 Å². The summed E-state index contributed by atoms with van der Waals surface area (Å²) in [6, 6.07) is 7.33. The lowest BCUT2D eigenvalue weighted by molar-refractivity contribution is 0.414. The molecule has 0 saturated heterocycles. The van der Waals surface area contributed by atoms with Crippen LogP contribution >= 0.6 is 0 Å². The number of benzene rings is 1. The van der Waals surface area contributed by atoms with Crippen molar-refractivity contribution in [1.82, 2.24) is 19.7 Å². The molecule has 0 spiro atoms. The van der Waals surface area contributed by atoms with Crippen LogP contribution < -0.4 is 15.7 Å². The molecule has 3 rings (SSSR count). The lowest BCUT2D eigenvalue weighted by Crippen LogP contribution is -2.34. The predicted molar refractivity (Wildman–Crippen MR) is 66.1 cm³/mol. The zero-order valence-corrected chi connectivity index (χ0v) is 10.1. The molecule has 2 aromatic rings. The van der Waals surface area contributed by atoms with E-state index >= 15 is 0 Å². The van der Waals surface area contributed by atoms with Crippen LogP contribution in [0.5, 0.6) is 5.75 Å². The van der Waals surface area contributed by atoms with Crippen LogP contribution in [0.25, 0.3) is 5.69 Å². The number of hydrogen-bond donors (Lipinski definition) is 1. The van der Waals surface area contributed by atoms with Gasteiger partial charge in [0.25, 0.3) is 0 Å².